The highest BCUT2D eigenvalue weighted by Crippen LogP contribution is 2.44. The van der Waals surface area contributed by atoms with E-state index in [1.165, 1.54) is 6.07 Å². The lowest BCUT2D eigenvalue weighted by Crippen LogP contribution is -2.43. The molecule has 6 rings (SSSR count). The molecule has 46 heavy (non-hydrogen) atoms. The summed E-state index contributed by atoms with van der Waals surface area (Å²) in [5, 5.41) is 6.37. The lowest BCUT2D eigenvalue weighted by molar-refractivity contribution is -0.122. The van der Waals surface area contributed by atoms with Crippen molar-refractivity contribution < 1.29 is 35.9 Å². The first kappa shape index (κ1) is 32.8. The number of alkyl halides is 2. The number of carbonyl (C=O) groups is 2. The highest BCUT2D eigenvalue weighted by molar-refractivity contribution is 7.91. The van der Waals surface area contributed by atoms with Gasteiger partial charge in [0.25, 0.3) is 11.8 Å². The molecule has 0 bridgehead atoms. The molecule has 10 nitrogen and oxygen atoms in total. The molecule has 4 heterocycles. The number of fused-ring (bicyclic) bond motifs is 3. The Morgan fingerprint density at radius 1 is 1.04 bits per heavy atom. The predicted octanol–water partition coefficient (Wildman–Crippen LogP) is 4.06. The molecule has 1 aromatic heterocycles. The number of aromatic nitrogens is 1. The number of piperidine rings is 1. The molecule has 0 radical (unpaired) electrons. The van der Waals surface area contributed by atoms with Crippen LogP contribution in [0.15, 0.2) is 17.0 Å². The SMILES string of the molecule is CC1(C)Cc2c(c3c(n2-c2cc(F)c(C(N)=O)c(N[C@H]4CC[C@H](NC(=O)CCN5CCC(F)(F)CC5)CC4)c2)COC3)S(=O)(=O)C1. The van der Waals surface area contributed by atoms with Gasteiger partial charge in [-0.05, 0) is 49.7 Å². The van der Waals surface area contributed by atoms with E-state index in [9.17, 15) is 26.8 Å². The van der Waals surface area contributed by atoms with Gasteiger partial charge in [-0.3, -0.25) is 9.59 Å². The summed E-state index contributed by atoms with van der Waals surface area (Å²) in [7, 11) is -3.60. The molecule has 1 aliphatic carbocycles. The predicted molar refractivity (Wildman–Crippen MR) is 165 cm³/mol. The molecule has 14 heteroatoms. The summed E-state index contributed by atoms with van der Waals surface area (Å²) in [5.74, 6) is -4.45. The molecule has 4 N–H and O–H groups in total. The van der Waals surface area contributed by atoms with E-state index in [-0.39, 0.29) is 85.5 Å². The van der Waals surface area contributed by atoms with Gasteiger partial charge < -0.3 is 30.6 Å². The first-order valence-electron chi connectivity index (χ1n) is 16.0. The quantitative estimate of drug-likeness (QED) is 0.387. The Labute approximate surface area is 267 Å². The Kier molecular flexibility index (Phi) is 8.68. The highest BCUT2D eigenvalue weighted by atomic mass is 32.2. The fourth-order valence-electron chi connectivity index (χ4n) is 7.54. The molecular weight excluding hydrogens is 623 g/mol. The van der Waals surface area contributed by atoms with Crippen LogP contribution in [-0.2, 0) is 39.0 Å². The number of nitrogens with zero attached hydrogens (tertiary/aromatic N) is 2. The maximum Gasteiger partial charge on any atom is 0.253 e. The van der Waals surface area contributed by atoms with Crippen molar-refractivity contribution in [3.8, 4) is 5.69 Å². The van der Waals surface area contributed by atoms with E-state index in [1.807, 2.05) is 18.7 Å². The average Bonchev–Trinajstić information content (AvgIpc) is 3.52. The van der Waals surface area contributed by atoms with Gasteiger partial charge in [-0.1, -0.05) is 13.8 Å². The van der Waals surface area contributed by atoms with Gasteiger partial charge in [0.2, 0.25) is 5.91 Å². The van der Waals surface area contributed by atoms with E-state index in [1.54, 1.807) is 10.6 Å². The smallest absolute Gasteiger partial charge is 0.253 e. The maximum atomic E-state index is 15.7. The second-order valence-corrected chi connectivity index (χ2v) is 16.0. The summed E-state index contributed by atoms with van der Waals surface area (Å²) in [6.45, 7) is 5.15. The summed E-state index contributed by atoms with van der Waals surface area (Å²) in [4.78, 5) is 27.1. The second kappa shape index (κ2) is 12.2. The van der Waals surface area contributed by atoms with Crippen LogP contribution in [0.3, 0.4) is 0 Å². The minimum atomic E-state index is -3.60. The largest absolute Gasteiger partial charge is 0.382 e. The molecule has 4 aliphatic rings. The summed E-state index contributed by atoms with van der Waals surface area (Å²) in [6, 6.07) is 2.71. The van der Waals surface area contributed by atoms with Gasteiger partial charge in [0.1, 0.15) is 5.82 Å². The van der Waals surface area contributed by atoms with E-state index < -0.39 is 32.9 Å². The number of primary amides is 1. The number of hydrogen-bond acceptors (Lipinski definition) is 7. The van der Waals surface area contributed by atoms with Crippen molar-refractivity contribution >= 4 is 27.3 Å². The number of halogens is 3. The zero-order chi connectivity index (χ0) is 33.0. The third kappa shape index (κ3) is 6.66. The minimum Gasteiger partial charge on any atom is -0.382 e. The van der Waals surface area contributed by atoms with Gasteiger partial charge >= 0.3 is 0 Å². The number of benzene rings is 1. The van der Waals surface area contributed by atoms with Crippen molar-refractivity contribution in [1.29, 1.82) is 0 Å². The Bertz CT molecular complexity index is 1640. The summed E-state index contributed by atoms with van der Waals surface area (Å²) in [5.41, 5.74) is 7.32. The number of anilines is 1. The van der Waals surface area contributed by atoms with Gasteiger partial charge in [0.15, 0.2) is 9.84 Å². The van der Waals surface area contributed by atoms with Gasteiger partial charge in [-0.25, -0.2) is 21.6 Å². The molecule has 2 fully saturated rings. The lowest BCUT2D eigenvalue weighted by atomic mass is 9.89. The van der Waals surface area contributed by atoms with Gasteiger partial charge in [-0.15, -0.1) is 0 Å². The first-order valence-corrected chi connectivity index (χ1v) is 17.6. The molecule has 1 aromatic carbocycles. The summed E-state index contributed by atoms with van der Waals surface area (Å²) in [6.07, 6.45) is 2.97. The molecule has 2 aromatic rings. The number of hydrogen-bond donors (Lipinski definition) is 3. The normalized spacial score (nSPS) is 25.0. The molecule has 0 unspecified atom stereocenters. The number of nitrogens with one attached hydrogen (secondary N) is 2. The van der Waals surface area contributed by atoms with Crippen molar-refractivity contribution in [3.05, 3.63) is 40.5 Å². The van der Waals surface area contributed by atoms with Gasteiger partial charge in [0.05, 0.1) is 46.5 Å². The number of amides is 2. The Balaban J connectivity index is 1.16. The molecule has 0 atom stereocenters. The summed E-state index contributed by atoms with van der Waals surface area (Å²) >= 11 is 0. The van der Waals surface area contributed by atoms with Crippen molar-refractivity contribution in [1.82, 2.24) is 14.8 Å². The molecule has 0 spiro atoms. The number of likely N-dealkylation sites (tertiary alicyclic amines) is 1. The average molecular weight is 666 g/mol. The van der Waals surface area contributed by atoms with Crippen LogP contribution in [-0.4, -0.2) is 73.1 Å². The number of carbonyl (C=O) groups excluding carboxylic acids is 2. The number of nitrogens with two attached hydrogens (primary N) is 1. The second-order valence-electron chi connectivity index (χ2n) is 14.1. The maximum absolute atomic E-state index is 15.7. The molecular formula is C32H42F3N5O5S. The number of rotatable bonds is 8. The van der Waals surface area contributed by atoms with Gasteiger partial charge in [-0.2, -0.15) is 0 Å². The zero-order valence-electron chi connectivity index (χ0n) is 26.3. The minimum absolute atomic E-state index is 0.00824. The first-order chi connectivity index (χ1) is 21.6. The van der Waals surface area contributed by atoms with Gasteiger partial charge in [0, 0.05) is 62.2 Å². The van der Waals surface area contributed by atoms with Crippen LogP contribution in [0.1, 0.15) is 86.1 Å². The van der Waals surface area contributed by atoms with E-state index in [0.29, 0.717) is 61.3 Å². The molecule has 3 aliphatic heterocycles. The standard InChI is InChI=1S/C32H42F3N5O5S/c1-31(2)15-25-29(46(43,44)18-31)22-16-45-17-26(22)40(25)21-13-23(33)28(30(36)42)24(14-21)37-19-3-5-20(6-4-19)38-27(41)7-10-39-11-8-32(34,35)9-12-39/h13-14,19-20,37H,3-12,15-18H2,1-2H3,(H2,36,42)(H,38,41)/t19-,20-. The van der Waals surface area contributed by atoms with E-state index in [2.05, 4.69) is 10.6 Å². The van der Waals surface area contributed by atoms with Crippen LogP contribution in [0, 0.1) is 11.2 Å². The van der Waals surface area contributed by atoms with E-state index >= 15 is 4.39 Å². The molecule has 1 saturated carbocycles. The topological polar surface area (TPSA) is 136 Å². The molecule has 2 amide bonds. The van der Waals surface area contributed by atoms with E-state index in [0.717, 1.165) is 0 Å². The Hall–Kier alpha value is -3.10. The summed E-state index contributed by atoms with van der Waals surface area (Å²) < 4.78 is 76.6. The van der Waals surface area contributed by atoms with Crippen molar-refractivity contribution in [2.75, 3.05) is 30.7 Å². The van der Waals surface area contributed by atoms with Crippen LogP contribution in [0.5, 0.6) is 0 Å². The van der Waals surface area contributed by atoms with Crippen LogP contribution in [0.25, 0.3) is 5.69 Å². The van der Waals surface area contributed by atoms with Crippen LogP contribution >= 0.6 is 0 Å². The van der Waals surface area contributed by atoms with Crippen LogP contribution in [0.4, 0.5) is 18.9 Å². The number of sulfone groups is 1. The van der Waals surface area contributed by atoms with Crippen molar-refractivity contribution in [2.24, 2.45) is 11.1 Å². The Morgan fingerprint density at radius 2 is 1.72 bits per heavy atom. The third-order valence-electron chi connectivity index (χ3n) is 9.72. The highest BCUT2D eigenvalue weighted by Gasteiger charge is 2.43. The monoisotopic (exact) mass is 665 g/mol. The fraction of sp³-hybridized carbons (Fsp3) is 0.625. The third-order valence-corrected chi connectivity index (χ3v) is 12.0. The zero-order valence-corrected chi connectivity index (χ0v) is 27.1. The molecule has 1 saturated heterocycles. The van der Waals surface area contributed by atoms with Crippen molar-refractivity contribution in [3.63, 3.8) is 0 Å². The Morgan fingerprint density at radius 3 is 2.39 bits per heavy atom. The fourth-order valence-corrected chi connectivity index (χ4v) is 9.88. The van der Waals surface area contributed by atoms with Crippen LogP contribution < -0.4 is 16.4 Å². The van der Waals surface area contributed by atoms with Crippen LogP contribution in [0.2, 0.25) is 0 Å². The number of ether oxygens (including phenoxy) is 1. The molecule has 252 valence electrons. The lowest BCUT2D eigenvalue weighted by Gasteiger charge is -2.33. The van der Waals surface area contributed by atoms with E-state index in [4.69, 9.17) is 10.5 Å². The van der Waals surface area contributed by atoms with Crippen molar-refractivity contribution in [2.45, 2.75) is 101 Å².